The minimum absolute atomic E-state index is 0.0510. The predicted octanol–water partition coefficient (Wildman–Crippen LogP) is 5.30. The van der Waals surface area contributed by atoms with Crippen LogP contribution in [0.4, 0.5) is 0 Å². The zero-order valence-electron chi connectivity index (χ0n) is 19.6. The van der Waals surface area contributed by atoms with E-state index < -0.39 is 0 Å². The number of ether oxygens (including phenoxy) is 1. The molecular formula is C27H30N2O4S. The minimum Gasteiger partial charge on any atom is -0.491 e. The van der Waals surface area contributed by atoms with E-state index >= 15 is 0 Å². The zero-order chi connectivity index (χ0) is 24.1. The van der Waals surface area contributed by atoms with Crippen LogP contribution in [0.3, 0.4) is 0 Å². The molecule has 0 aliphatic carbocycles. The molecule has 1 aliphatic heterocycles. The summed E-state index contributed by atoms with van der Waals surface area (Å²) in [6.07, 6.45) is 3.86. The maximum absolute atomic E-state index is 13.4. The molecule has 178 valence electrons. The molecule has 0 fully saturated rings. The first kappa shape index (κ1) is 23.8. The number of benzene rings is 1. The molecule has 3 aromatic rings. The van der Waals surface area contributed by atoms with E-state index in [4.69, 9.17) is 9.15 Å². The molecule has 3 heterocycles. The topological polar surface area (TPSA) is 63.0 Å². The number of rotatable bonds is 9. The molecule has 4 rings (SSSR count). The second-order valence-electron chi connectivity index (χ2n) is 8.64. The summed E-state index contributed by atoms with van der Waals surface area (Å²) in [6.45, 7) is 9.19. The summed E-state index contributed by atoms with van der Waals surface area (Å²) < 4.78 is 11.4. The van der Waals surface area contributed by atoms with Gasteiger partial charge in [-0.3, -0.25) is 9.59 Å². The number of carbonyl (C=O) groups is 2. The fourth-order valence-electron chi connectivity index (χ4n) is 4.18. The first-order valence-corrected chi connectivity index (χ1v) is 12.4. The Morgan fingerprint density at radius 1 is 1.26 bits per heavy atom. The summed E-state index contributed by atoms with van der Waals surface area (Å²) in [5.41, 5.74) is 2.38. The second kappa shape index (κ2) is 10.7. The molecule has 0 spiro atoms. The van der Waals surface area contributed by atoms with Gasteiger partial charge in [-0.15, -0.1) is 17.9 Å². The Balaban J connectivity index is 1.50. The molecule has 2 amide bonds. The first-order chi connectivity index (χ1) is 16.5. The molecule has 0 saturated heterocycles. The van der Waals surface area contributed by atoms with Crippen molar-refractivity contribution in [3.05, 3.63) is 88.5 Å². The molecular weight excluding hydrogens is 448 g/mol. The highest BCUT2D eigenvalue weighted by Gasteiger charge is 2.33. The maximum Gasteiger partial charge on any atom is 0.290 e. The van der Waals surface area contributed by atoms with Crippen LogP contribution in [-0.4, -0.2) is 47.9 Å². The molecule has 0 N–H and O–H groups in total. The van der Waals surface area contributed by atoms with Crippen LogP contribution in [0.25, 0.3) is 0 Å². The van der Waals surface area contributed by atoms with Crippen molar-refractivity contribution >= 4 is 23.2 Å². The number of thiophene rings is 1. The number of hydrogen-bond donors (Lipinski definition) is 0. The number of hydrogen-bond acceptors (Lipinski definition) is 5. The van der Waals surface area contributed by atoms with Crippen molar-refractivity contribution in [2.75, 3.05) is 26.2 Å². The number of amides is 2. The molecule has 2 aromatic heterocycles. The van der Waals surface area contributed by atoms with E-state index in [1.807, 2.05) is 17.0 Å². The van der Waals surface area contributed by atoms with E-state index in [1.54, 1.807) is 29.5 Å². The highest BCUT2D eigenvalue weighted by Crippen LogP contribution is 2.34. The monoisotopic (exact) mass is 478 g/mol. The Morgan fingerprint density at radius 2 is 2.06 bits per heavy atom. The number of nitrogens with zero attached hydrogens (tertiary/aromatic N) is 2. The van der Waals surface area contributed by atoms with Crippen LogP contribution >= 0.6 is 11.3 Å². The Morgan fingerprint density at radius 3 is 2.74 bits per heavy atom. The highest BCUT2D eigenvalue weighted by molar-refractivity contribution is 7.10. The normalized spacial score (nSPS) is 15.1. The standard InChI is InChI=1S/C27H30N2O4S/c1-4-13-28(27(31)24-6-5-15-32-24)17-26(30)29-14-11-25-22(12-16-34-25)23(29)18-33-21-9-7-20(8-10-21)19(2)3/h4-10,12,15-16,19,23H,1,11,13-14,17-18H2,2-3H3/t23-/m0/s1. The third-order valence-electron chi connectivity index (χ3n) is 6.06. The zero-order valence-corrected chi connectivity index (χ0v) is 20.4. The lowest BCUT2D eigenvalue weighted by Gasteiger charge is -2.37. The summed E-state index contributed by atoms with van der Waals surface area (Å²) in [5.74, 6) is 0.988. The van der Waals surface area contributed by atoms with Gasteiger partial charge in [0.05, 0.1) is 12.3 Å². The molecule has 6 nitrogen and oxygen atoms in total. The van der Waals surface area contributed by atoms with Crippen LogP contribution in [0.15, 0.2) is 71.2 Å². The van der Waals surface area contributed by atoms with Gasteiger partial charge in [-0.1, -0.05) is 32.1 Å². The van der Waals surface area contributed by atoms with Crippen molar-refractivity contribution in [3.8, 4) is 5.75 Å². The van der Waals surface area contributed by atoms with Crippen LogP contribution in [0.2, 0.25) is 0 Å². The Kier molecular flexibility index (Phi) is 7.53. The van der Waals surface area contributed by atoms with Gasteiger partial charge in [0.15, 0.2) is 5.76 Å². The van der Waals surface area contributed by atoms with Crippen LogP contribution in [0, 0.1) is 0 Å². The van der Waals surface area contributed by atoms with Gasteiger partial charge in [0, 0.05) is 18.0 Å². The lowest BCUT2D eigenvalue weighted by Crippen LogP contribution is -2.47. The fraction of sp³-hybridized carbons (Fsp3) is 0.333. The van der Waals surface area contributed by atoms with Crippen molar-refractivity contribution in [3.63, 3.8) is 0 Å². The van der Waals surface area contributed by atoms with Gasteiger partial charge < -0.3 is 19.0 Å². The first-order valence-electron chi connectivity index (χ1n) is 11.5. The smallest absolute Gasteiger partial charge is 0.290 e. The lowest BCUT2D eigenvalue weighted by atomic mass is 10.00. The van der Waals surface area contributed by atoms with Gasteiger partial charge in [0.25, 0.3) is 5.91 Å². The third kappa shape index (κ3) is 5.25. The Hall–Kier alpha value is -3.32. The van der Waals surface area contributed by atoms with E-state index in [1.165, 1.54) is 21.6 Å². The average molecular weight is 479 g/mol. The quantitative estimate of drug-likeness (QED) is 0.392. The van der Waals surface area contributed by atoms with Crippen molar-refractivity contribution in [2.45, 2.75) is 32.2 Å². The van der Waals surface area contributed by atoms with Gasteiger partial charge in [-0.2, -0.15) is 0 Å². The van der Waals surface area contributed by atoms with Gasteiger partial charge >= 0.3 is 0 Å². The van der Waals surface area contributed by atoms with E-state index in [0.29, 0.717) is 19.1 Å². The van der Waals surface area contributed by atoms with Crippen molar-refractivity contribution in [1.82, 2.24) is 9.80 Å². The maximum atomic E-state index is 13.4. The molecule has 1 aliphatic rings. The third-order valence-corrected chi connectivity index (χ3v) is 7.06. The lowest BCUT2D eigenvalue weighted by molar-refractivity contribution is -0.135. The van der Waals surface area contributed by atoms with Crippen LogP contribution in [-0.2, 0) is 11.2 Å². The van der Waals surface area contributed by atoms with E-state index in [-0.39, 0.29) is 36.7 Å². The molecule has 0 bridgehead atoms. The fourth-order valence-corrected chi connectivity index (χ4v) is 5.11. The summed E-state index contributed by atoms with van der Waals surface area (Å²) in [7, 11) is 0. The molecule has 1 aromatic carbocycles. The molecule has 0 unspecified atom stereocenters. The van der Waals surface area contributed by atoms with Gasteiger partial charge in [-0.25, -0.2) is 0 Å². The van der Waals surface area contributed by atoms with E-state index in [2.05, 4.69) is 44.0 Å². The van der Waals surface area contributed by atoms with Crippen LogP contribution in [0.1, 0.15) is 52.4 Å². The highest BCUT2D eigenvalue weighted by atomic mass is 32.1. The molecule has 1 atom stereocenters. The Labute approximate surface area is 204 Å². The summed E-state index contributed by atoms with van der Waals surface area (Å²) in [5, 5.41) is 2.06. The SMILES string of the molecule is C=CCN(CC(=O)N1CCc2sccc2[C@@H]1COc1ccc(C(C)C)cc1)C(=O)c1ccco1. The largest absolute Gasteiger partial charge is 0.491 e. The summed E-state index contributed by atoms with van der Waals surface area (Å²) in [6, 6.07) is 13.2. The van der Waals surface area contributed by atoms with Crippen LogP contribution < -0.4 is 4.74 Å². The number of fused-ring (bicyclic) bond motifs is 1. The molecule has 0 saturated carbocycles. The summed E-state index contributed by atoms with van der Waals surface area (Å²) in [4.78, 5) is 30.8. The van der Waals surface area contributed by atoms with E-state index in [9.17, 15) is 9.59 Å². The summed E-state index contributed by atoms with van der Waals surface area (Å²) >= 11 is 1.71. The van der Waals surface area contributed by atoms with Crippen molar-refractivity contribution in [2.24, 2.45) is 0 Å². The average Bonchev–Trinajstić information content (AvgIpc) is 3.54. The van der Waals surface area contributed by atoms with Crippen molar-refractivity contribution < 1.29 is 18.7 Å². The minimum atomic E-state index is -0.329. The van der Waals surface area contributed by atoms with Crippen LogP contribution in [0.5, 0.6) is 5.75 Å². The number of carbonyl (C=O) groups excluding carboxylic acids is 2. The Bertz CT molecular complexity index is 1120. The van der Waals surface area contributed by atoms with Gasteiger partial charge in [-0.05, 0) is 59.2 Å². The molecule has 34 heavy (non-hydrogen) atoms. The predicted molar refractivity (Wildman–Crippen MR) is 133 cm³/mol. The van der Waals surface area contributed by atoms with Gasteiger partial charge in [0.1, 0.15) is 18.9 Å². The van der Waals surface area contributed by atoms with Crippen molar-refractivity contribution in [1.29, 1.82) is 0 Å². The molecule has 0 radical (unpaired) electrons. The molecule has 7 heteroatoms. The van der Waals surface area contributed by atoms with Gasteiger partial charge in [0.2, 0.25) is 5.91 Å². The number of furan rings is 1. The van der Waals surface area contributed by atoms with E-state index in [0.717, 1.165) is 17.7 Å². The second-order valence-corrected chi connectivity index (χ2v) is 9.64.